The largest absolute Gasteiger partial charge is 0.367 e. The quantitative estimate of drug-likeness (QED) is 0.814. The Morgan fingerprint density at radius 2 is 2.19 bits per heavy atom. The third-order valence-electron chi connectivity index (χ3n) is 2.40. The summed E-state index contributed by atoms with van der Waals surface area (Å²) >= 11 is 0. The minimum atomic E-state index is -0.319. The molecule has 0 unspecified atom stereocenters. The van der Waals surface area contributed by atoms with Crippen molar-refractivity contribution in [2.75, 3.05) is 0 Å². The van der Waals surface area contributed by atoms with Crippen LogP contribution in [0.1, 0.15) is 44.0 Å². The van der Waals surface area contributed by atoms with Gasteiger partial charge in [-0.15, -0.1) is 0 Å². The van der Waals surface area contributed by atoms with Crippen molar-refractivity contribution in [1.29, 1.82) is 0 Å². The Kier molecular flexibility index (Phi) is 3.88. The van der Waals surface area contributed by atoms with E-state index in [1.54, 1.807) is 0 Å². The van der Waals surface area contributed by atoms with Crippen LogP contribution in [0.15, 0.2) is 23.3 Å². The first-order valence-corrected chi connectivity index (χ1v) is 5.46. The first kappa shape index (κ1) is 12.5. The number of hydrogen-bond acceptors (Lipinski definition) is 2. The Morgan fingerprint density at radius 3 is 2.75 bits per heavy atom. The third kappa shape index (κ3) is 3.22. The monoisotopic (exact) mass is 222 g/mol. The molecule has 0 aliphatic heterocycles. The van der Waals surface area contributed by atoms with Crippen LogP contribution in [0, 0.1) is 0 Å². The molecule has 1 aromatic heterocycles. The van der Waals surface area contributed by atoms with E-state index in [9.17, 15) is 9.59 Å². The van der Waals surface area contributed by atoms with Crippen LogP contribution in [0.25, 0.3) is 0 Å². The number of nitrogens with one attached hydrogen (secondary N) is 2. The molecule has 0 saturated carbocycles. The Morgan fingerprint density at radius 1 is 1.50 bits per heavy atom. The first-order chi connectivity index (χ1) is 7.46. The molecule has 1 rings (SSSR count). The van der Waals surface area contributed by atoms with E-state index in [1.165, 1.54) is 18.5 Å². The van der Waals surface area contributed by atoms with Gasteiger partial charge < -0.3 is 10.3 Å². The summed E-state index contributed by atoms with van der Waals surface area (Å²) in [4.78, 5) is 26.0. The molecular formula is C12H18N2O2. The predicted octanol–water partition coefficient (Wildman–Crippen LogP) is 1.68. The summed E-state index contributed by atoms with van der Waals surface area (Å²) < 4.78 is 0. The Labute approximate surface area is 95.1 Å². The van der Waals surface area contributed by atoms with Crippen molar-refractivity contribution in [1.82, 2.24) is 10.3 Å². The predicted molar refractivity (Wildman–Crippen MR) is 63.5 cm³/mol. The van der Waals surface area contributed by atoms with E-state index < -0.39 is 0 Å². The maximum absolute atomic E-state index is 11.8. The molecule has 4 nitrogen and oxygen atoms in total. The van der Waals surface area contributed by atoms with Crippen molar-refractivity contribution in [2.24, 2.45) is 0 Å². The summed E-state index contributed by atoms with van der Waals surface area (Å²) in [6, 6.07) is 1.35. The molecule has 0 fully saturated rings. The van der Waals surface area contributed by atoms with Crippen LogP contribution in [-0.2, 0) is 0 Å². The van der Waals surface area contributed by atoms with Gasteiger partial charge in [-0.1, -0.05) is 13.3 Å². The topological polar surface area (TPSA) is 62.0 Å². The maximum atomic E-state index is 11.8. The van der Waals surface area contributed by atoms with Crippen LogP contribution in [0.2, 0.25) is 0 Å². The van der Waals surface area contributed by atoms with Gasteiger partial charge in [-0.2, -0.15) is 0 Å². The summed E-state index contributed by atoms with van der Waals surface area (Å²) in [5, 5.41) is 2.86. The lowest BCUT2D eigenvalue weighted by Gasteiger charge is -2.25. The minimum absolute atomic E-state index is 0.159. The molecule has 0 aliphatic rings. The van der Waals surface area contributed by atoms with Crippen molar-refractivity contribution in [2.45, 2.75) is 39.2 Å². The SMILES string of the molecule is CCCC(C)(C)NC(=O)c1c[nH]ccc1=O. The fourth-order valence-electron chi connectivity index (χ4n) is 1.66. The minimum Gasteiger partial charge on any atom is -0.367 e. The maximum Gasteiger partial charge on any atom is 0.257 e. The van der Waals surface area contributed by atoms with Crippen LogP contribution in [0.4, 0.5) is 0 Å². The second-order valence-electron chi connectivity index (χ2n) is 4.51. The van der Waals surface area contributed by atoms with E-state index in [0.29, 0.717) is 0 Å². The summed E-state index contributed by atoms with van der Waals surface area (Å²) in [6.07, 6.45) is 4.80. The highest BCUT2D eigenvalue weighted by Gasteiger charge is 2.21. The van der Waals surface area contributed by atoms with E-state index >= 15 is 0 Å². The van der Waals surface area contributed by atoms with E-state index in [4.69, 9.17) is 0 Å². The smallest absolute Gasteiger partial charge is 0.257 e. The zero-order valence-corrected chi connectivity index (χ0v) is 9.96. The number of carbonyl (C=O) groups is 1. The molecule has 1 amide bonds. The standard InChI is InChI=1S/C12H18N2O2/c1-4-6-12(2,3)14-11(16)9-8-13-7-5-10(9)15/h5,7-8H,4,6H2,1-3H3,(H,13,15)(H,14,16). The Balaban J connectivity index is 2.81. The van der Waals surface area contributed by atoms with Crippen LogP contribution in [0.3, 0.4) is 0 Å². The van der Waals surface area contributed by atoms with E-state index in [1.807, 2.05) is 13.8 Å². The first-order valence-electron chi connectivity index (χ1n) is 5.46. The van der Waals surface area contributed by atoms with Gasteiger partial charge in [0, 0.05) is 24.0 Å². The van der Waals surface area contributed by atoms with Gasteiger partial charge in [-0.05, 0) is 20.3 Å². The molecule has 1 heterocycles. The number of hydrogen-bond donors (Lipinski definition) is 2. The average Bonchev–Trinajstić information content (AvgIpc) is 2.17. The Hall–Kier alpha value is -1.58. The highest BCUT2D eigenvalue weighted by molar-refractivity contribution is 5.94. The molecule has 0 aliphatic carbocycles. The zero-order chi connectivity index (χ0) is 12.2. The number of pyridine rings is 1. The number of H-pyrrole nitrogens is 1. The highest BCUT2D eigenvalue weighted by Crippen LogP contribution is 2.11. The molecule has 0 spiro atoms. The van der Waals surface area contributed by atoms with Crippen molar-refractivity contribution in [3.63, 3.8) is 0 Å². The van der Waals surface area contributed by atoms with Gasteiger partial charge in [0.05, 0.1) is 0 Å². The summed E-state index contributed by atoms with van der Waals surface area (Å²) in [7, 11) is 0. The van der Waals surface area contributed by atoms with Crippen LogP contribution in [0.5, 0.6) is 0 Å². The van der Waals surface area contributed by atoms with E-state index in [-0.39, 0.29) is 22.4 Å². The number of aromatic nitrogens is 1. The van der Waals surface area contributed by atoms with Crippen LogP contribution in [-0.4, -0.2) is 16.4 Å². The van der Waals surface area contributed by atoms with Gasteiger partial charge in [0.15, 0.2) is 5.43 Å². The molecule has 88 valence electrons. The Bertz CT molecular complexity index is 421. The second-order valence-corrected chi connectivity index (χ2v) is 4.51. The molecule has 0 saturated heterocycles. The lowest BCUT2D eigenvalue weighted by molar-refractivity contribution is 0.0907. The van der Waals surface area contributed by atoms with Crippen LogP contribution >= 0.6 is 0 Å². The average molecular weight is 222 g/mol. The van der Waals surface area contributed by atoms with Crippen LogP contribution < -0.4 is 10.7 Å². The molecular weight excluding hydrogens is 204 g/mol. The molecule has 0 aromatic carbocycles. The van der Waals surface area contributed by atoms with Crippen molar-refractivity contribution < 1.29 is 4.79 Å². The number of amides is 1. The lowest BCUT2D eigenvalue weighted by atomic mass is 9.98. The van der Waals surface area contributed by atoms with Crippen molar-refractivity contribution in [3.05, 3.63) is 34.2 Å². The van der Waals surface area contributed by atoms with Gasteiger partial charge in [0.1, 0.15) is 5.56 Å². The highest BCUT2D eigenvalue weighted by atomic mass is 16.2. The van der Waals surface area contributed by atoms with E-state index in [2.05, 4.69) is 17.2 Å². The number of aromatic amines is 1. The summed E-state index contributed by atoms with van der Waals surface area (Å²) in [6.45, 7) is 5.96. The van der Waals surface area contributed by atoms with Gasteiger partial charge in [0.2, 0.25) is 0 Å². The lowest BCUT2D eigenvalue weighted by Crippen LogP contribution is -2.44. The van der Waals surface area contributed by atoms with Crippen molar-refractivity contribution >= 4 is 5.91 Å². The van der Waals surface area contributed by atoms with E-state index in [0.717, 1.165) is 12.8 Å². The molecule has 0 bridgehead atoms. The molecule has 1 aromatic rings. The van der Waals surface area contributed by atoms with Gasteiger partial charge in [-0.3, -0.25) is 9.59 Å². The fraction of sp³-hybridized carbons (Fsp3) is 0.500. The molecule has 0 radical (unpaired) electrons. The summed E-state index contributed by atoms with van der Waals surface area (Å²) in [5.74, 6) is -0.319. The molecule has 2 N–H and O–H groups in total. The fourth-order valence-corrected chi connectivity index (χ4v) is 1.66. The zero-order valence-electron chi connectivity index (χ0n) is 9.96. The number of carbonyl (C=O) groups excluding carboxylic acids is 1. The van der Waals surface area contributed by atoms with Gasteiger partial charge in [-0.25, -0.2) is 0 Å². The molecule has 16 heavy (non-hydrogen) atoms. The van der Waals surface area contributed by atoms with Gasteiger partial charge >= 0.3 is 0 Å². The van der Waals surface area contributed by atoms with Crippen molar-refractivity contribution in [3.8, 4) is 0 Å². The third-order valence-corrected chi connectivity index (χ3v) is 2.40. The molecule has 4 heteroatoms. The normalized spacial score (nSPS) is 11.2. The summed E-state index contributed by atoms with van der Waals surface area (Å²) in [5.41, 5.74) is -0.385. The van der Waals surface area contributed by atoms with Gasteiger partial charge in [0.25, 0.3) is 5.91 Å². The second kappa shape index (κ2) is 4.96. The number of rotatable bonds is 4. The molecule has 0 atom stereocenters.